The van der Waals surface area contributed by atoms with Crippen LogP contribution in [0, 0.1) is 11.6 Å². The standard InChI is InChI=1S/C10H10F2N2O2/c1-13-4-7(15)9-6(11)2-8-5(10(9)12)3-14-16-8/h2-3,7,13,15H,4H2,1H3. The molecule has 1 atom stereocenters. The summed E-state index contributed by atoms with van der Waals surface area (Å²) in [5, 5.41) is 15.7. The summed E-state index contributed by atoms with van der Waals surface area (Å²) in [7, 11) is 1.58. The van der Waals surface area contributed by atoms with E-state index in [1.807, 2.05) is 0 Å². The second kappa shape index (κ2) is 4.15. The molecule has 0 fully saturated rings. The van der Waals surface area contributed by atoms with Crippen molar-refractivity contribution in [3.8, 4) is 0 Å². The second-order valence-corrected chi connectivity index (χ2v) is 3.40. The van der Waals surface area contributed by atoms with Crippen LogP contribution in [0.2, 0.25) is 0 Å². The van der Waals surface area contributed by atoms with E-state index < -0.39 is 17.7 Å². The molecule has 86 valence electrons. The van der Waals surface area contributed by atoms with Gasteiger partial charge in [0.15, 0.2) is 5.58 Å². The van der Waals surface area contributed by atoms with Crippen molar-refractivity contribution in [1.82, 2.24) is 10.5 Å². The van der Waals surface area contributed by atoms with E-state index in [2.05, 4.69) is 15.0 Å². The lowest BCUT2D eigenvalue weighted by atomic mass is 10.1. The van der Waals surface area contributed by atoms with Crippen molar-refractivity contribution in [3.63, 3.8) is 0 Å². The molecule has 0 saturated carbocycles. The fraction of sp³-hybridized carbons (Fsp3) is 0.300. The molecule has 2 rings (SSSR count). The lowest BCUT2D eigenvalue weighted by Crippen LogP contribution is -2.19. The maximum absolute atomic E-state index is 13.8. The molecule has 1 unspecified atom stereocenters. The van der Waals surface area contributed by atoms with E-state index in [9.17, 15) is 13.9 Å². The summed E-state index contributed by atoms with van der Waals surface area (Å²) in [5.74, 6) is -1.68. The van der Waals surface area contributed by atoms with Crippen molar-refractivity contribution < 1.29 is 18.4 Å². The van der Waals surface area contributed by atoms with Gasteiger partial charge in [-0.1, -0.05) is 5.16 Å². The predicted molar refractivity (Wildman–Crippen MR) is 52.8 cm³/mol. The lowest BCUT2D eigenvalue weighted by molar-refractivity contribution is 0.168. The lowest BCUT2D eigenvalue weighted by Gasteiger charge is -2.12. The highest BCUT2D eigenvalue weighted by Crippen LogP contribution is 2.27. The average Bonchev–Trinajstić information content (AvgIpc) is 2.66. The molecule has 2 N–H and O–H groups in total. The first kappa shape index (κ1) is 11.0. The van der Waals surface area contributed by atoms with Crippen molar-refractivity contribution in [3.05, 3.63) is 29.5 Å². The smallest absolute Gasteiger partial charge is 0.172 e. The Kier molecular flexibility index (Phi) is 2.84. The number of nitrogens with one attached hydrogen (secondary N) is 1. The summed E-state index contributed by atoms with van der Waals surface area (Å²) in [6.07, 6.45) is -0.0935. The molecule has 6 heteroatoms. The highest BCUT2D eigenvalue weighted by Gasteiger charge is 2.21. The van der Waals surface area contributed by atoms with E-state index >= 15 is 0 Å². The third kappa shape index (κ3) is 1.66. The molecular formula is C10H10F2N2O2. The van der Waals surface area contributed by atoms with Crippen molar-refractivity contribution in [2.75, 3.05) is 13.6 Å². The molecule has 0 spiro atoms. The third-order valence-electron chi connectivity index (χ3n) is 2.32. The van der Waals surface area contributed by atoms with Gasteiger partial charge in [0.1, 0.15) is 11.6 Å². The van der Waals surface area contributed by atoms with Crippen LogP contribution in [0.5, 0.6) is 0 Å². The van der Waals surface area contributed by atoms with Gasteiger partial charge in [-0.05, 0) is 7.05 Å². The molecular weight excluding hydrogens is 218 g/mol. The number of benzene rings is 1. The molecule has 0 amide bonds. The number of aliphatic hydroxyl groups excluding tert-OH is 1. The van der Waals surface area contributed by atoms with E-state index in [4.69, 9.17) is 0 Å². The number of hydrogen-bond donors (Lipinski definition) is 2. The number of aromatic nitrogens is 1. The van der Waals surface area contributed by atoms with E-state index in [-0.39, 0.29) is 23.1 Å². The van der Waals surface area contributed by atoms with Gasteiger partial charge in [-0.15, -0.1) is 0 Å². The Balaban J connectivity index is 2.59. The van der Waals surface area contributed by atoms with Crippen molar-refractivity contribution in [2.45, 2.75) is 6.10 Å². The number of nitrogens with zero attached hydrogens (tertiary/aromatic N) is 1. The molecule has 0 radical (unpaired) electrons. The fourth-order valence-corrected chi connectivity index (χ4v) is 1.56. The van der Waals surface area contributed by atoms with Crippen molar-refractivity contribution >= 4 is 11.0 Å². The largest absolute Gasteiger partial charge is 0.387 e. The second-order valence-electron chi connectivity index (χ2n) is 3.40. The van der Waals surface area contributed by atoms with Gasteiger partial charge in [-0.2, -0.15) is 0 Å². The average molecular weight is 228 g/mol. The normalized spacial score (nSPS) is 13.2. The Labute approximate surface area is 89.8 Å². The van der Waals surface area contributed by atoms with E-state index in [0.717, 1.165) is 12.3 Å². The van der Waals surface area contributed by atoms with Crippen LogP contribution in [0.1, 0.15) is 11.7 Å². The Hall–Kier alpha value is -1.53. The molecule has 0 aliphatic heterocycles. The number of rotatable bonds is 3. The predicted octanol–water partition coefficient (Wildman–Crippen LogP) is 1.36. The Morgan fingerprint density at radius 2 is 2.31 bits per heavy atom. The highest BCUT2D eigenvalue weighted by molar-refractivity contribution is 5.77. The summed E-state index contributed by atoms with van der Waals surface area (Å²) in [4.78, 5) is 0. The van der Waals surface area contributed by atoms with Gasteiger partial charge in [-0.25, -0.2) is 8.78 Å². The van der Waals surface area contributed by atoms with Crippen LogP contribution >= 0.6 is 0 Å². The highest BCUT2D eigenvalue weighted by atomic mass is 19.1. The van der Waals surface area contributed by atoms with Crippen molar-refractivity contribution in [2.24, 2.45) is 0 Å². The summed E-state index contributed by atoms with van der Waals surface area (Å²) in [6.45, 7) is 0.0601. The zero-order chi connectivity index (χ0) is 11.7. The quantitative estimate of drug-likeness (QED) is 0.832. The number of likely N-dealkylation sites (N-methyl/N-ethyl adjacent to an activating group) is 1. The third-order valence-corrected chi connectivity index (χ3v) is 2.32. The number of aliphatic hydroxyl groups is 1. The summed E-state index contributed by atoms with van der Waals surface area (Å²) in [5.41, 5.74) is -0.347. The first-order valence-corrected chi connectivity index (χ1v) is 4.70. The van der Waals surface area contributed by atoms with Crippen LogP contribution in [-0.2, 0) is 0 Å². The zero-order valence-electron chi connectivity index (χ0n) is 8.50. The van der Waals surface area contributed by atoms with Gasteiger partial charge in [-0.3, -0.25) is 0 Å². The Morgan fingerprint density at radius 1 is 1.56 bits per heavy atom. The summed E-state index contributed by atoms with van der Waals surface area (Å²) < 4.78 is 32.0. The molecule has 16 heavy (non-hydrogen) atoms. The molecule has 2 aromatic rings. The number of halogens is 2. The Bertz CT molecular complexity index is 513. The minimum absolute atomic E-state index is 0.0235. The zero-order valence-corrected chi connectivity index (χ0v) is 8.50. The fourth-order valence-electron chi connectivity index (χ4n) is 1.56. The van der Waals surface area contributed by atoms with Gasteiger partial charge in [0, 0.05) is 12.6 Å². The summed E-state index contributed by atoms with van der Waals surface area (Å²) >= 11 is 0. The van der Waals surface area contributed by atoms with Crippen LogP contribution < -0.4 is 5.32 Å². The first-order valence-electron chi connectivity index (χ1n) is 4.70. The first-order chi connectivity index (χ1) is 7.65. The maximum Gasteiger partial charge on any atom is 0.172 e. The van der Waals surface area contributed by atoms with Crippen LogP contribution in [-0.4, -0.2) is 23.9 Å². The minimum atomic E-state index is -1.25. The van der Waals surface area contributed by atoms with Crippen LogP contribution in [0.15, 0.2) is 16.8 Å². The van der Waals surface area contributed by atoms with E-state index in [1.165, 1.54) is 0 Å². The minimum Gasteiger partial charge on any atom is -0.387 e. The van der Waals surface area contributed by atoms with E-state index in [0.29, 0.717) is 0 Å². The van der Waals surface area contributed by atoms with Gasteiger partial charge >= 0.3 is 0 Å². The molecule has 0 saturated heterocycles. The monoisotopic (exact) mass is 228 g/mol. The van der Waals surface area contributed by atoms with Crippen LogP contribution in [0.25, 0.3) is 11.0 Å². The molecule has 0 aliphatic rings. The molecule has 1 aromatic carbocycles. The molecule has 0 bridgehead atoms. The Morgan fingerprint density at radius 3 is 3.00 bits per heavy atom. The van der Waals surface area contributed by atoms with Crippen molar-refractivity contribution in [1.29, 1.82) is 0 Å². The summed E-state index contributed by atoms with van der Waals surface area (Å²) in [6, 6.07) is 1.01. The molecule has 0 aliphatic carbocycles. The number of fused-ring (bicyclic) bond motifs is 1. The molecule has 4 nitrogen and oxygen atoms in total. The van der Waals surface area contributed by atoms with Crippen LogP contribution in [0.4, 0.5) is 8.78 Å². The maximum atomic E-state index is 13.8. The molecule has 1 heterocycles. The number of hydrogen-bond acceptors (Lipinski definition) is 4. The van der Waals surface area contributed by atoms with E-state index in [1.54, 1.807) is 7.05 Å². The molecule has 1 aromatic heterocycles. The van der Waals surface area contributed by atoms with Gasteiger partial charge in [0.25, 0.3) is 0 Å². The van der Waals surface area contributed by atoms with Gasteiger partial charge in [0.2, 0.25) is 0 Å². The van der Waals surface area contributed by atoms with Gasteiger partial charge in [0.05, 0.1) is 23.3 Å². The van der Waals surface area contributed by atoms with Gasteiger partial charge < -0.3 is 14.9 Å². The SMILES string of the molecule is CNCC(O)c1c(F)cc2oncc2c1F. The topological polar surface area (TPSA) is 58.3 Å². The van der Waals surface area contributed by atoms with Crippen LogP contribution in [0.3, 0.4) is 0 Å².